The number of halogens is 1. The molecule has 0 spiro atoms. The Balaban J connectivity index is 2.08. The summed E-state index contributed by atoms with van der Waals surface area (Å²) in [6.45, 7) is 2.92. The molecular formula is C14H18ClN3O. The highest BCUT2D eigenvalue weighted by atomic mass is 35.5. The monoisotopic (exact) mass is 279 g/mol. The zero-order valence-corrected chi connectivity index (χ0v) is 12.0. The number of aromatic nitrogens is 3. The van der Waals surface area contributed by atoms with Crippen molar-refractivity contribution in [2.24, 2.45) is 5.92 Å². The molecule has 0 amide bonds. The number of hydrogen-bond acceptors (Lipinski definition) is 3. The Bertz CT molecular complexity index is 590. The quantitative estimate of drug-likeness (QED) is 0.804. The summed E-state index contributed by atoms with van der Waals surface area (Å²) < 4.78 is 7.37. The summed E-state index contributed by atoms with van der Waals surface area (Å²) in [7, 11) is 1.63. The molecule has 2 heterocycles. The number of fused-ring (bicyclic) bond motifs is 1. The Hall–Kier alpha value is -1.29. The maximum Gasteiger partial charge on any atom is 0.215 e. The molecule has 2 aromatic heterocycles. The molecule has 0 saturated heterocycles. The molecule has 1 saturated carbocycles. The number of imidazole rings is 1. The minimum atomic E-state index is -0.111. The largest absolute Gasteiger partial charge is 0.481 e. The molecule has 102 valence electrons. The fourth-order valence-electron chi connectivity index (χ4n) is 2.53. The van der Waals surface area contributed by atoms with Gasteiger partial charge in [-0.15, -0.1) is 11.6 Å². The van der Waals surface area contributed by atoms with Crippen LogP contribution < -0.4 is 4.74 Å². The summed E-state index contributed by atoms with van der Waals surface area (Å²) in [5, 5.41) is -0.111. The van der Waals surface area contributed by atoms with Crippen molar-refractivity contribution in [3.63, 3.8) is 0 Å². The number of hydrogen-bond donors (Lipinski definition) is 0. The normalized spacial score (nSPS) is 17.4. The number of alkyl halides is 1. The highest BCUT2D eigenvalue weighted by Gasteiger charge is 2.23. The van der Waals surface area contributed by atoms with Crippen LogP contribution in [0, 0.1) is 5.92 Å². The Labute approximate surface area is 117 Å². The predicted octanol–water partition coefficient (Wildman–Crippen LogP) is 3.54. The van der Waals surface area contributed by atoms with Crippen LogP contribution in [0.25, 0.3) is 11.2 Å². The van der Waals surface area contributed by atoms with Gasteiger partial charge in [-0.1, -0.05) is 6.42 Å². The third-order valence-corrected chi connectivity index (χ3v) is 4.02. The molecule has 2 aromatic rings. The van der Waals surface area contributed by atoms with Crippen LogP contribution in [0.5, 0.6) is 5.88 Å². The van der Waals surface area contributed by atoms with Crippen molar-refractivity contribution in [1.29, 1.82) is 0 Å². The molecule has 0 aliphatic heterocycles. The van der Waals surface area contributed by atoms with E-state index in [1.165, 1.54) is 19.3 Å². The van der Waals surface area contributed by atoms with Crippen LogP contribution in [-0.2, 0) is 6.54 Å². The molecule has 1 aliphatic rings. The van der Waals surface area contributed by atoms with E-state index in [9.17, 15) is 0 Å². The molecular weight excluding hydrogens is 262 g/mol. The van der Waals surface area contributed by atoms with E-state index < -0.39 is 0 Å². The second-order valence-electron chi connectivity index (χ2n) is 5.19. The first-order valence-corrected chi connectivity index (χ1v) is 7.18. The van der Waals surface area contributed by atoms with Gasteiger partial charge in [0.25, 0.3) is 0 Å². The fraction of sp³-hybridized carbons (Fsp3) is 0.571. The van der Waals surface area contributed by atoms with Crippen LogP contribution in [0.3, 0.4) is 0 Å². The lowest BCUT2D eigenvalue weighted by Crippen LogP contribution is -2.20. The molecule has 3 rings (SSSR count). The van der Waals surface area contributed by atoms with Crippen LogP contribution in [0.1, 0.15) is 37.4 Å². The van der Waals surface area contributed by atoms with E-state index in [0.29, 0.717) is 5.88 Å². The van der Waals surface area contributed by atoms with Gasteiger partial charge in [-0.3, -0.25) is 0 Å². The smallest absolute Gasteiger partial charge is 0.215 e. The zero-order chi connectivity index (χ0) is 13.4. The van der Waals surface area contributed by atoms with Crippen molar-refractivity contribution in [3.05, 3.63) is 18.0 Å². The number of ether oxygens (including phenoxy) is 1. The minimum absolute atomic E-state index is 0.111. The molecule has 4 nitrogen and oxygen atoms in total. The maximum atomic E-state index is 6.26. The second-order valence-corrected chi connectivity index (χ2v) is 5.84. The van der Waals surface area contributed by atoms with Crippen molar-refractivity contribution < 1.29 is 4.74 Å². The number of pyridine rings is 1. The molecule has 1 atom stereocenters. The molecule has 0 bridgehead atoms. The first kappa shape index (κ1) is 12.7. The van der Waals surface area contributed by atoms with E-state index in [4.69, 9.17) is 16.3 Å². The van der Waals surface area contributed by atoms with Crippen LogP contribution in [0.4, 0.5) is 0 Å². The summed E-state index contributed by atoms with van der Waals surface area (Å²) in [5.74, 6) is 2.26. The van der Waals surface area contributed by atoms with Gasteiger partial charge in [0.1, 0.15) is 11.3 Å². The Morgan fingerprint density at radius 2 is 2.21 bits per heavy atom. The third kappa shape index (κ3) is 2.29. The van der Waals surface area contributed by atoms with Crippen LogP contribution in [0.15, 0.2) is 12.1 Å². The summed E-state index contributed by atoms with van der Waals surface area (Å²) in [6, 6.07) is 3.78. The molecule has 1 fully saturated rings. The van der Waals surface area contributed by atoms with E-state index in [1.807, 2.05) is 19.1 Å². The average molecular weight is 280 g/mol. The molecule has 1 aliphatic carbocycles. The van der Waals surface area contributed by atoms with Gasteiger partial charge in [0.05, 0.1) is 12.5 Å². The molecule has 1 unspecified atom stereocenters. The number of nitrogens with zero attached hydrogens (tertiary/aromatic N) is 3. The second kappa shape index (κ2) is 5.00. The summed E-state index contributed by atoms with van der Waals surface area (Å²) >= 11 is 6.26. The van der Waals surface area contributed by atoms with Gasteiger partial charge in [-0.2, -0.15) is 4.98 Å². The van der Waals surface area contributed by atoms with Gasteiger partial charge in [0.15, 0.2) is 5.65 Å². The van der Waals surface area contributed by atoms with Crippen molar-refractivity contribution in [2.45, 2.75) is 38.1 Å². The van der Waals surface area contributed by atoms with Crippen molar-refractivity contribution >= 4 is 22.8 Å². The molecule has 0 aromatic carbocycles. The lowest BCUT2D eigenvalue weighted by Gasteiger charge is -2.26. The van der Waals surface area contributed by atoms with Gasteiger partial charge < -0.3 is 9.30 Å². The SMILES string of the molecule is COc1ccc2nc(C(C)Cl)n(CC3CCC3)c2n1. The zero-order valence-electron chi connectivity index (χ0n) is 11.3. The predicted molar refractivity (Wildman–Crippen MR) is 75.7 cm³/mol. The van der Waals surface area contributed by atoms with Gasteiger partial charge in [0, 0.05) is 12.6 Å². The molecule has 0 radical (unpaired) electrons. The summed E-state index contributed by atoms with van der Waals surface area (Å²) in [6.07, 6.45) is 3.92. The Morgan fingerprint density at radius 1 is 1.42 bits per heavy atom. The molecule has 19 heavy (non-hydrogen) atoms. The third-order valence-electron chi connectivity index (χ3n) is 3.83. The average Bonchev–Trinajstić information content (AvgIpc) is 2.71. The summed E-state index contributed by atoms with van der Waals surface area (Å²) in [5.41, 5.74) is 1.77. The maximum absolute atomic E-state index is 6.26. The van der Waals surface area contributed by atoms with Crippen molar-refractivity contribution in [2.75, 3.05) is 7.11 Å². The van der Waals surface area contributed by atoms with Gasteiger partial charge in [0.2, 0.25) is 5.88 Å². The fourth-order valence-corrected chi connectivity index (χ4v) is 2.70. The minimum Gasteiger partial charge on any atom is -0.481 e. The van der Waals surface area contributed by atoms with Crippen LogP contribution in [0.2, 0.25) is 0 Å². The first-order valence-electron chi connectivity index (χ1n) is 6.74. The summed E-state index contributed by atoms with van der Waals surface area (Å²) in [4.78, 5) is 9.14. The topological polar surface area (TPSA) is 39.9 Å². The Kier molecular flexibility index (Phi) is 3.35. The highest BCUT2D eigenvalue weighted by molar-refractivity contribution is 6.20. The van der Waals surface area contributed by atoms with E-state index >= 15 is 0 Å². The lowest BCUT2D eigenvalue weighted by molar-refractivity contribution is 0.276. The first-order chi connectivity index (χ1) is 9.19. The standard InChI is InChI=1S/C14H18ClN3O/c1-9(15)13-16-11-6-7-12(19-2)17-14(11)18(13)8-10-4-3-5-10/h6-7,9-10H,3-5,8H2,1-2H3. The molecule has 5 heteroatoms. The van der Waals surface area contributed by atoms with Gasteiger partial charge in [-0.05, 0) is 31.7 Å². The van der Waals surface area contributed by atoms with Gasteiger partial charge in [-0.25, -0.2) is 4.98 Å². The molecule has 0 N–H and O–H groups in total. The van der Waals surface area contributed by atoms with E-state index in [0.717, 1.165) is 29.5 Å². The highest BCUT2D eigenvalue weighted by Crippen LogP contribution is 2.32. The van der Waals surface area contributed by atoms with Gasteiger partial charge >= 0.3 is 0 Å². The van der Waals surface area contributed by atoms with E-state index in [-0.39, 0.29) is 5.38 Å². The van der Waals surface area contributed by atoms with E-state index in [1.54, 1.807) is 7.11 Å². The van der Waals surface area contributed by atoms with E-state index in [2.05, 4.69) is 14.5 Å². The van der Waals surface area contributed by atoms with Crippen molar-refractivity contribution in [1.82, 2.24) is 14.5 Å². The number of methoxy groups -OCH3 is 1. The van der Waals surface area contributed by atoms with Crippen molar-refractivity contribution in [3.8, 4) is 5.88 Å². The van der Waals surface area contributed by atoms with Crippen LogP contribution >= 0.6 is 11.6 Å². The Morgan fingerprint density at radius 3 is 2.79 bits per heavy atom. The van der Waals surface area contributed by atoms with Crippen LogP contribution in [-0.4, -0.2) is 21.6 Å². The number of rotatable bonds is 4. The lowest BCUT2D eigenvalue weighted by atomic mass is 9.85.